The van der Waals surface area contributed by atoms with Crippen LogP contribution in [0.1, 0.15) is 67.5 Å². The van der Waals surface area contributed by atoms with Gasteiger partial charge in [-0.3, -0.25) is 4.57 Å². The molecule has 0 aliphatic carbocycles. The van der Waals surface area contributed by atoms with E-state index in [0.717, 1.165) is 12.8 Å². The summed E-state index contributed by atoms with van der Waals surface area (Å²) in [6, 6.07) is 0. The van der Waals surface area contributed by atoms with Crippen LogP contribution < -0.4 is 5.73 Å². The highest BCUT2D eigenvalue weighted by atomic mass is 28.4. The SMILES string of the molecule is CC[C@@]1(CO[Si](C)(C)C(C)(C)C)C[C@@H](O[Si](C)(C)C(C)(C)C)[C@H](n2cnc3c(N)ncnc32)O1. The van der Waals surface area contributed by atoms with E-state index in [1.807, 2.05) is 4.57 Å². The molecule has 0 bridgehead atoms. The summed E-state index contributed by atoms with van der Waals surface area (Å²) in [7, 11) is -4.01. The van der Waals surface area contributed by atoms with Gasteiger partial charge >= 0.3 is 0 Å². The fourth-order valence-corrected chi connectivity index (χ4v) is 6.11. The standard InChI is InChI=1S/C24H45N5O3Si2/c1-12-24(14-30-33(8,9)22(2,3)4)13-17(32-34(10,11)23(5,6)7)21(31-24)29-16-28-18-19(25)26-15-27-20(18)29/h15-17,21H,12-14H2,1-11H3,(H2,25,26,27)/t17-,21-,24+/m1/s1. The lowest BCUT2D eigenvalue weighted by atomic mass is 9.97. The Bertz CT molecular complexity index is 1010. The van der Waals surface area contributed by atoms with Gasteiger partial charge in [-0.1, -0.05) is 48.5 Å². The number of anilines is 1. The van der Waals surface area contributed by atoms with Gasteiger partial charge < -0.3 is 19.3 Å². The van der Waals surface area contributed by atoms with Crippen molar-refractivity contribution in [3.05, 3.63) is 12.7 Å². The Hall–Kier alpha value is -1.34. The molecule has 192 valence electrons. The van der Waals surface area contributed by atoms with Gasteiger partial charge in [-0.15, -0.1) is 0 Å². The molecular formula is C24H45N5O3Si2. The summed E-state index contributed by atoms with van der Waals surface area (Å²) >= 11 is 0. The van der Waals surface area contributed by atoms with E-state index in [2.05, 4.69) is 89.6 Å². The fourth-order valence-electron chi connectivity index (χ4n) is 3.75. The van der Waals surface area contributed by atoms with Crippen LogP contribution in [0.2, 0.25) is 36.3 Å². The van der Waals surface area contributed by atoms with Crippen molar-refractivity contribution in [2.24, 2.45) is 0 Å². The van der Waals surface area contributed by atoms with Crippen molar-refractivity contribution in [2.75, 3.05) is 12.3 Å². The van der Waals surface area contributed by atoms with E-state index in [1.54, 1.807) is 6.33 Å². The van der Waals surface area contributed by atoms with Crippen molar-refractivity contribution in [3.8, 4) is 0 Å². The smallest absolute Gasteiger partial charge is 0.192 e. The van der Waals surface area contributed by atoms with Gasteiger partial charge in [0.05, 0.1) is 24.6 Å². The summed E-state index contributed by atoms with van der Waals surface area (Å²) in [4.78, 5) is 13.1. The Balaban J connectivity index is 2.00. The van der Waals surface area contributed by atoms with Crippen LogP contribution in [0, 0.1) is 0 Å². The molecule has 0 aromatic carbocycles. The minimum atomic E-state index is -2.07. The van der Waals surface area contributed by atoms with Crippen molar-refractivity contribution in [1.29, 1.82) is 0 Å². The van der Waals surface area contributed by atoms with Crippen molar-refractivity contribution in [1.82, 2.24) is 19.5 Å². The van der Waals surface area contributed by atoms with Gasteiger partial charge in [-0.25, -0.2) is 15.0 Å². The summed E-state index contributed by atoms with van der Waals surface area (Å²) in [5.74, 6) is 0.367. The monoisotopic (exact) mass is 507 g/mol. The summed E-state index contributed by atoms with van der Waals surface area (Å²) in [6.45, 7) is 25.5. The predicted octanol–water partition coefficient (Wildman–Crippen LogP) is 5.89. The molecule has 2 aromatic heterocycles. The molecule has 2 aromatic rings. The van der Waals surface area contributed by atoms with E-state index in [-0.39, 0.29) is 22.4 Å². The molecule has 1 saturated heterocycles. The molecule has 10 heteroatoms. The minimum absolute atomic E-state index is 0.0796. The van der Waals surface area contributed by atoms with Crippen LogP contribution >= 0.6 is 0 Å². The predicted molar refractivity (Wildman–Crippen MR) is 143 cm³/mol. The third-order valence-electron chi connectivity index (χ3n) is 8.32. The Labute approximate surface area is 207 Å². The van der Waals surface area contributed by atoms with E-state index in [9.17, 15) is 0 Å². The number of imidazole rings is 1. The number of nitrogen functional groups attached to an aromatic ring is 1. The van der Waals surface area contributed by atoms with Crippen LogP contribution in [0.4, 0.5) is 5.82 Å². The van der Waals surface area contributed by atoms with Crippen LogP contribution in [0.15, 0.2) is 12.7 Å². The molecule has 1 aliphatic heterocycles. The normalized spacial score (nSPS) is 24.8. The molecule has 0 amide bonds. The molecule has 3 rings (SSSR count). The summed E-state index contributed by atoms with van der Waals surface area (Å²) < 4.78 is 22.5. The van der Waals surface area contributed by atoms with Crippen LogP contribution in [0.3, 0.4) is 0 Å². The number of nitrogens with two attached hydrogens (primary N) is 1. The van der Waals surface area contributed by atoms with Gasteiger partial charge in [0.25, 0.3) is 0 Å². The molecule has 0 spiro atoms. The second kappa shape index (κ2) is 8.95. The topological polar surface area (TPSA) is 97.3 Å². The Morgan fingerprint density at radius 1 is 1.06 bits per heavy atom. The van der Waals surface area contributed by atoms with Gasteiger partial charge in [0.15, 0.2) is 34.3 Å². The van der Waals surface area contributed by atoms with Crippen molar-refractivity contribution >= 4 is 33.6 Å². The Morgan fingerprint density at radius 2 is 1.68 bits per heavy atom. The molecule has 8 nitrogen and oxygen atoms in total. The van der Waals surface area contributed by atoms with Crippen LogP contribution in [0.5, 0.6) is 0 Å². The van der Waals surface area contributed by atoms with Crippen LogP contribution in [0.25, 0.3) is 11.2 Å². The molecular weight excluding hydrogens is 462 g/mol. The number of hydrogen-bond acceptors (Lipinski definition) is 7. The molecule has 3 heterocycles. The molecule has 34 heavy (non-hydrogen) atoms. The molecule has 0 unspecified atom stereocenters. The van der Waals surface area contributed by atoms with Crippen molar-refractivity contribution in [3.63, 3.8) is 0 Å². The van der Waals surface area contributed by atoms with Gasteiger partial charge in [-0.05, 0) is 42.7 Å². The number of fused-ring (bicyclic) bond motifs is 1. The average Bonchev–Trinajstić information content (AvgIpc) is 3.27. The first-order valence-electron chi connectivity index (χ1n) is 12.4. The number of nitrogens with zero attached hydrogens (tertiary/aromatic N) is 4. The average molecular weight is 508 g/mol. The lowest BCUT2D eigenvalue weighted by Gasteiger charge is -2.40. The van der Waals surface area contributed by atoms with Crippen molar-refractivity contribution in [2.45, 2.75) is 116 Å². The zero-order chi connectivity index (χ0) is 25.7. The number of ether oxygens (including phenoxy) is 1. The van der Waals surface area contributed by atoms with E-state index >= 15 is 0 Å². The van der Waals surface area contributed by atoms with E-state index in [0.29, 0.717) is 23.6 Å². The molecule has 2 N–H and O–H groups in total. The van der Waals surface area contributed by atoms with Gasteiger partial charge in [-0.2, -0.15) is 0 Å². The van der Waals surface area contributed by atoms with E-state index in [4.69, 9.17) is 19.3 Å². The molecule has 1 fully saturated rings. The maximum absolute atomic E-state index is 6.98. The van der Waals surface area contributed by atoms with E-state index < -0.39 is 22.2 Å². The lowest BCUT2D eigenvalue weighted by Crippen LogP contribution is -2.47. The molecule has 3 atom stereocenters. The first kappa shape index (κ1) is 27.3. The highest BCUT2D eigenvalue weighted by molar-refractivity contribution is 6.74. The third-order valence-corrected chi connectivity index (χ3v) is 17.3. The van der Waals surface area contributed by atoms with Gasteiger partial charge in [0.1, 0.15) is 11.8 Å². The lowest BCUT2D eigenvalue weighted by molar-refractivity contribution is -0.105. The maximum Gasteiger partial charge on any atom is 0.192 e. The molecule has 1 aliphatic rings. The van der Waals surface area contributed by atoms with Crippen molar-refractivity contribution < 1.29 is 13.6 Å². The zero-order valence-electron chi connectivity index (χ0n) is 23.0. The first-order chi connectivity index (χ1) is 15.4. The maximum atomic E-state index is 6.98. The molecule has 0 saturated carbocycles. The quantitative estimate of drug-likeness (QED) is 0.467. The van der Waals surface area contributed by atoms with E-state index in [1.165, 1.54) is 6.33 Å². The Morgan fingerprint density at radius 3 is 2.24 bits per heavy atom. The number of rotatable bonds is 7. The van der Waals surface area contributed by atoms with Gasteiger partial charge in [0, 0.05) is 6.42 Å². The summed E-state index contributed by atoms with van der Waals surface area (Å²) in [6.07, 6.45) is 4.31. The zero-order valence-corrected chi connectivity index (χ0v) is 25.0. The highest BCUT2D eigenvalue weighted by Gasteiger charge is 2.52. The second-order valence-electron chi connectivity index (χ2n) is 12.8. The minimum Gasteiger partial charge on any atom is -0.414 e. The fraction of sp³-hybridized carbons (Fsp3) is 0.792. The number of hydrogen-bond donors (Lipinski definition) is 1. The third kappa shape index (κ3) is 5.11. The summed E-state index contributed by atoms with van der Waals surface area (Å²) in [5.41, 5.74) is 6.88. The van der Waals surface area contributed by atoms with Gasteiger partial charge in [0.2, 0.25) is 0 Å². The second-order valence-corrected chi connectivity index (χ2v) is 22.4. The summed E-state index contributed by atoms with van der Waals surface area (Å²) in [5, 5.41) is 0.211. The molecule has 0 radical (unpaired) electrons. The first-order valence-corrected chi connectivity index (χ1v) is 18.2. The van der Waals surface area contributed by atoms with Crippen LogP contribution in [-0.2, 0) is 13.6 Å². The Kier molecular flexibility index (Phi) is 7.18. The number of aromatic nitrogens is 4. The van der Waals surface area contributed by atoms with Crippen LogP contribution in [-0.4, -0.2) is 54.5 Å². The highest BCUT2D eigenvalue weighted by Crippen LogP contribution is 2.47. The largest absolute Gasteiger partial charge is 0.414 e.